The maximum Gasteiger partial charge on any atom is 0.161 e. The molecule has 0 aromatic heterocycles. The number of nitrogens with two attached hydrogens (primary N) is 1. The maximum atomic E-state index is 6.08. The van der Waals surface area contributed by atoms with Gasteiger partial charge in [0.1, 0.15) is 0 Å². The Balaban J connectivity index is 3.10. The molecule has 90 valence electrons. The first-order valence-corrected chi connectivity index (χ1v) is 5.86. The summed E-state index contributed by atoms with van der Waals surface area (Å²) in [5.74, 6) is 2.23. The van der Waals surface area contributed by atoms with E-state index in [1.807, 2.05) is 19.1 Å². The molecule has 1 aromatic carbocycles. The zero-order valence-corrected chi connectivity index (χ0v) is 10.9. The third-order valence-electron chi connectivity index (χ3n) is 2.61. The Morgan fingerprint density at radius 1 is 1.25 bits per heavy atom. The van der Waals surface area contributed by atoms with Crippen LogP contribution in [0.25, 0.3) is 0 Å². The largest absolute Gasteiger partial charge is 0.493 e. The fraction of sp³-hybridized carbons (Fsp3) is 0.500. The van der Waals surface area contributed by atoms with Crippen LogP contribution in [0.15, 0.2) is 12.1 Å². The first-order valence-electron chi connectivity index (χ1n) is 5.23. The number of hydrogen-bond acceptors (Lipinski definition) is 4. The quantitative estimate of drug-likeness (QED) is 0.778. The van der Waals surface area contributed by atoms with E-state index in [4.69, 9.17) is 15.2 Å². The van der Waals surface area contributed by atoms with Crippen molar-refractivity contribution >= 4 is 12.6 Å². The topological polar surface area (TPSA) is 44.5 Å². The third-order valence-corrected chi connectivity index (χ3v) is 2.87. The van der Waals surface area contributed by atoms with Gasteiger partial charge in [0.25, 0.3) is 0 Å². The monoisotopic (exact) mass is 241 g/mol. The van der Waals surface area contributed by atoms with Crippen LogP contribution in [-0.4, -0.2) is 20.0 Å². The van der Waals surface area contributed by atoms with Crippen molar-refractivity contribution in [2.24, 2.45) is 5.73 Å². The summed E-state index contributed by atoms with van der Waals surface area (Å²) in [6.45, 7) is 2.02. The van der Waals surface area contributed by atoms with Crippen LogP contribution in [0.3, 0.4) is 0 Å². The molecule has 0 heterocycles. The van der Waals surface area contributed by atoms with Gasteiger partial charge in [-0.3, -0.25) is 0 Å². The summed E-state index contributed by atoms with van der Waals surface area (Å²) in [5.41, 5.74) is 8.28. The van der Waals surface area contributed by atoms with Crippen molar-refractivity contribution in [3.8, 4) is 11.5 Å². The molecule has 1 unspecified atom stereocenters. The molecule has 16 heavy (non-hydrogen) atoms. The number of ether oxygens (including phenoxy) is 2. The van der Waals surface area contributed by atoms with Crippen LogP contribution in [-0.2, 0) is 0 Å². The summed E-state index contributed by atoms with van der Waals surface area (Å²) >= 11 is 4.20. The van der Waals surface area contributed by atoms with Crippen LogP contribution in [0.2, 0.25) is 0 Å². The Bertz CT molecular complexity index is 355. The van der Waals surface area contributed by atoms with E-state index in [0.29, 0.717) is 0 Å². The second-order valence-electron chi connectivity index (χ2n) is 3.68. The zero-order valence-electron chi connectivity index (χ0n) is 9.99. The molecule has 0 amide bonds. The van der Waals surface area contributed by atoms with E-state index < -0.39 is 0 Å². The van der Waals surface area contributed by atoms with Gasteiger partial charge in [-0.2, -0.15) is 12.6 Å². The highest BCUT2D eigenvalue weighted by molar-refractivity contribution is 7.80. The molecule has 3 nitrogen and oxygen atoms in total. The van der Waals surface area contributed by atoms with Crippen molar-refractivity contribution in [2.75, 3.05) is 20.0 Å². The average Bonchev–Trinajstić information content (AvgIpc) is 2.28. The molecule has 2 N–H and O–H groups in total. The first-order chi connectivity index (χ1) is 7.63. The molecule has 0 fully saturated rings. The van der Waals surface area contributed by atoms with Gasteiger partial charge in [-0.1, -0.05) is 0 Å². The molecule has 0 aliphatic carbocycles. The Labute approximate surface area is 102 Å². The van der Waals surface area contributed by atoms with Crippen molar-refractivity contribution < 1.29 is 9.47 Å². The van der Waals surface area contributed by atoms with E-state index >= 15 is 0 Å². The minimum Gasteiger partial charge on any atom is -0.493 e. The summed E-state index contributed by atoms with van der Waals surface area (Å²) in [6, 6.07) is 3.90. The van der Waals surface area contributed by atoms with Gasteiger partial charge >= 0.3 is 0 Å². The molecule has 0 saturated heterocycles. The number of methoxy groups -OCH3 is 2. The fourth-order valence-corrected chi connectivity index (χ4v) is 1.97. The van der Waals surface area contributed by atoms with Crippen molar-refractivity contribution in [1.82, 2.24) is 0 Å². The Morgan fingerprint density at radius 2 is 1.81 bits per heavy atom. The van der Waals surface area contributed by atoms with Crippen molar-refractivity contribution in [2.45, 2.75) is 19.4 Å². The minimum atomic E-state index is -0.00249. The van der Waals surface area contributed by atoms with E-state index in [9.17, 15) is 0 Å². The molecule has 1 rings (SSSR count). The van der Waals surface area contributed by atoms with Crippen molar-refractivity contribution in [3.05, 3.63) is 23.3 Å². The summed E-state index contributed by atoms with van der Waals surface area (Å²) in [4.78, 5) is 0. The molecule has 0 saturated carbocycles. The standard InChI is InChI=1S/C12H19NO2S/c1-8-6-11(14-2)12(15-3)7-9(8)10(13)4-5-16/h6-7,10,16H,4-5,13H2,1-3H3. The molecule has 0 radical (unpaired) electrons. The highest BCUT2D eigenvalue weighted by Gasteiger charge is 2.13. The zero-order chi connectivity index (χ0) is 12.1. The van der Waals surface area contributed by atoms with Gasteiger partial charge in [-0.05, 0) is 42.4 Å². The third kappa shape index (κ3) is 2.83. The number of thiol groups is 1. The molecule has 0 aliphatic heterocycles. The number of benzene rings is 1. The molecular formula is C12H19NO2S. The van der Waals surface area contributed by atoms with Crippen LogP contribution in [0, 0.1) is 6.92 Å². The molecule has 0 spiro atoms. The second kappa shape index (κ2) is 6.01. The Kier molecular flexibility index (Phi) is 4.96. The van der Waals surface area contributed by atoms with E-state index in [2.05, 4.69) is 12.6 Å². The van der Waals surface area contributed by atoms with Gasteiger partial charge in [0, 0.05) is 6.04 Å². The molecule has 1 aromatic rings. The van der Waals surface area contributed by atoms with E-state index in [0.717, 1.165) is 34.8 Å². The summed E-state index contributed by atoms with van der Waals surface area (Å²) < 4.78 is 10.5. The molecule has 0 aliphatic rings. The molecule has 4 heteroatoms. The average molecular weight is 241 g/mol. The lowest BCUT2D eigenvalue weighted by Gasteiger charge is -2.17. The SMILES string of the molecule is COc1cc(C)c(C(N)CCS)cc1OC. The maximum absolute atomic E-state index is 6.08. The van der Waals surface area contributed by atoms with Gasteiger partial charge < -0.3 is 15.2 Å². The van der Waals surface area contributed by atoms with E-state index in [1.165, 1.54) is 0 Å². The lowest BCUT2D eigenvalue weighted by Crippen LogP contribution is -2.12. The van der Waals surface area contributed by atoms with E-state index in [1.54, 1.807) is 14.2 Å². The summed E-state index contributed by atoms with van der Waals surface area (Å²) in [5, 5.41) is 0. The first kappa shape index (κ1) is 13.2. The van der Waals surface area contributed by atoms with Crippen LogP contribution in [0.4, 0.5) is 0 Å². The number of aryl methyl sites for hydroxylation is 1. The van der Waals surface area contributed by atoms with Crippen LogP contribution < -0.4 is 15.2 Å². The van der Waals surface area contributed by atoms with Crippen LogP contribution in [0.5, 0.6) is 11.5 Å². The van der Waals surface area contributed by atoms with Crippen molar-refractivity contribution in [3.63, 3.8) is 0 Å². The Morgan fingerprint density at radius 3 is 2.31 bits per heavy atom. The normalized spacial score (nSPS) is 12.3. The molecular weight excluding hydrogens is 222 g/mol. The van der Waals surface area contributed by atoms with Crippen LogP contribution in [0.1, 0.15) is 23.6 Å². The second-order valence-corrected chi connectivity index (χ2v) is 4.13. The minimum absolute atomic E-state index is 0.00249. The van der Waals surface area contributed by atoms with Gasteiger partial charge in [0.2, 0.25) is 0 Å². The van der Waals surface area contributed by atoms with Gasteiger partial charge in [0.15, 0.2) is 11.5 Å². The van der Waals surface area contributed by atoms with E-state index in [-0.39, 0.29) is 6.04 Å². The fourth-order valence-electron chi connectivity index (χ4n) is 1.69. The number of hydrogen-bond donors (Lipinski definition) is 2. The smallest absolute Gasteiger partial charge is 0.161 e. The number of rotatable bonds is 5. The van der Waals surface area contributed by atoms with Gasteiger partial charge in [-0.25, -0.2) is 0 Å². The lowest BCUT2D eigenvalue weighted by molar-refractivity contribution is 0.354. The molecule has 0 bridgehead atoms. The highest BCUT2D eigenvalue weighted by atomic mass is 32.1. The highest BCUT2D eigenvalue weighted by Crippen LogP contribution is 2.33. The summed E-state index contributed by atoms with van der Waals surface area (Å²) in [6.07, 6.45) is 0.847. The van der Waals surface area contributed by atoms with Crippen molar-refractivity contribution in [1.29, 1.82) is 0 Å². The predicted octanol–water partition coefficient (Wildman–Crippen LogP) is 2.33. The van der Waals surface area contributed by atoms with Gasteiger partial charge in [-0.15, -0.1) is 0 Å². The molecule has 1 atom stereocenters. The van der Waals surface area contributed by atoms with Gasteiger partial charge in [0.05, 0.1) is 14.2 Å². The Hall–Kier alpha value is -0.870. The lowest BCUT2D eigenvalue weighted by atomic mass is 9.99. The summed E-state index contributed by atoms with van der Waals surface area (Å²) in [7, 11) is 3.26. The van der Waals surface area contributed by atoms with Crippen LogP contribution >= 0.6 is 12.6 Å². The predicted molar refractivity (Wildman–Crippen MR) is 69.7 cm³/mol.